The monoisotopic (exact) mass is 459 g/mol. The molecular formula is C22H25N3O4S2. The number of hydrogen-bond donors (Lipinski definition) is 2. The van der Waals surface area contributed by atoms with Crippen molar-refractivity contribution >= 4 is 37.3 Å². The van der Waals surface area contributed by atoms with Crippen molar-refractivity contribution in [1.29, 1.82) is 0 Å². The van der Waals surface area contributed by atoms with E-state index in [-0.39, 0.29) is 28.8 Å². The molecule has 31 heavy (non-hydrogen) atoms. The van der Waals surface area contributed by atoms with Gasteiger partial charge in [0, 0.05) is 24.0 Å². The van der Waals surface area contributed by atoms with Crippen LogP contribution in [0.2, 0.25) is 0 Å². The van der Waals surface area contributed by atoms with E-state index in [9.17, 15) is 18.0 Å². The second-order valence-corrected chi connectivity index (χ2v) is 11.1. The third-order valence-electron chi connectivity index (χ3n) is 5.65. The number of carbonyl (C=O) groups is 1. The standard InChI is InChI=1S/C22H25N3O4S2/c1-13(14-7-9-15(10-8-14)31(2,28)29)23-19(26)12-11-18-24-21(27)20-16-5-3-4-6-17(16)30-22(20)25-18/h7-10,13H,3-6,11-12H2,1-2H3,(H,23,26)(H,24,25,27)/t13-/m1/s1. The number of aromatic amines is 1. The number of sulfone groups is 1. The van der Waals surface area contributed by atoms with Crippen LogP contribution >= 0.6 is 11.3 Å². The largest absolute Gasteiger partial charge is 0.350 e. The van der Waals surface area contributed by atoms with Crippen LogP contribution in [-0.4, -0.2) is 30.5 Å². The zero-order valence-electron chi connectivity index (χ0n) is 17.5. The van der Waals surface area contributed by atoms with Crippen molar-refractivity contribution in [2.75, 3.05) is 6.26 Å². The van der Waals surface area contributed by atoms with Crippen LogP contribution in [0.15, 0.2) is 34.0 Å². The number of H-pyrrole nitrogens is 1. The smallest absolute Gasteiger partial charge is 0.259 e. The Morgan fingerprint density at radius 3 is 2.65 bits per heavy atom. The van der Waals surface area contributed by atoms with Gasteiger partial charge >= 0.3 is 0 Å². The maximum atomic E-state index is 12.6. The summed E-state index contributed by atoms with van der Waals surface area (Å²) in [4.78, 5) is 34.8. The molecule has 0 aliphatic heterocycles. The van der Waals surface area contributed by atoms with E-state index in [1.54, 1.807) is 23.5 Å². The summed E-state index contributed by atoms with van der Waals surface area (Å²) >= 11 is 1.60. The Hall–Kier alpha value is -2.52. The minimum Gasteiger partial charge on any atom is -0.350 e. The lowest BCUT2D eigenvalue weighted by Crippen LogP contribution is -2.27. The van der Waals surface area contributed by atoms with Crippen LogP contribution < -0.4 is 10.9 Å². The Morgan fingerprint density at radius 2 is 1.94 bits per heavy atom. The van der Waals surface area contributed by atoms with Crippen LogP contribution in [0.5, 0.6) is 0 Å². The van der Waals surface area contributed by atoms with Crippen molar-refractivity contribution < 1.29 is 13.2 Å². The second-order valence-electron chi connectivity index (χ2n) is 8.03. The second kappa shape index (κ2) is 8.55. The average Bonchev–Trinajstić information content (AvgIpc) is 3.10. The lowest BCUT2D eigenvalue weighted by atomic mass is 9.97. The van der Waals surface area contributed by atoms with Gasteiger partial charge in [-0.2, -0.15) is 0 Å². The van der Waals surface area contributed by atoms with Crippen LogP contribution in [-0.2, 0) is 33.9 Å². The number of fused-ring (bicyclic) bond motifs is 3. The van der Waals surface area contributed by atoms with E-state index in [2.05, 4.69) is 15.3 Å². The number of rotatable bonds is 6. The molecule has 3 aromatic rings. The number of nitrogens with zero attached hydrogens (tertiary/aromatic N) is 1. The minimum atomic E-state index is -3.25. The fourth-order valence-electron chi connectivity index (χ4n) is 3.96. The van der Waals surface area contributed by atoms with Crippen molar-refractivity contribution in [2.45, 2.75) is 56.4 Å². The van der Waals surface area contributed by atoms with E-state index in [1.807, 2.05) is 6.92 Å². The summed E-state index contributed by atoms with van der Waals surface area (Å²) in [7, 11) is -3.25. The third-order valence-corrected chi connectivity index (χ3v) is 7.96. The van der Waals surface area contributed by atoms with Gasteiger partial charge in [0.2, 0.25) is 5.91 Å². The number of thiophene rings is 1. The maximum Gasteiger partial charge on any atom is 0.259 e. The Morgan fingerprint density at radius 1 is 1.23 bits per heavy atom. The SMILES string of the molecule is C[C@@H](NC(=O)CCc1nc2sc3c(c2c(=O)[nH]1)CCCC3)c1ccc(S(C)(=O)=O)cc1. The molecule has 0 saturated carbocycles. The molecular weight excluding hydrogens is 434 g/mol. The highest BCUT2D eigenvalue weighted by atomic mass is 32.2. The Kier molecular flexibility index (Phi) is 5.98. The molecule has 0 unspecified atom stereocenters. The van der Waals surface area contributed by atoms with E-state index >= 15 is 0 Å². The molecule has 1 aliphatic carbocycles. The molecule has 0 saturated heterocycles. The zero-order valence-corrected chi connectivity index (χ0v) is 19.2. The van der Waals surface area contributed by atoms with Crippen LogP contribution in [0, 0.1) is 0 Å². The molecule has 1 atom stereocenters. The molecule has 9 heteroatoms. The Labute approximate surface area is 184 Å². The lowest BCUT2D eigenvalue weighted by Gasteiger charge is -2.14. The highest BCUT2D eigenvalue weighted by Gasteiger charge is 2.20. The number of nitrogens with one attached hydrogen (secondary N) is 2. The van der Waals surface area contributed by atoms with Crippen LogP contribution in [0.1, 0.15) is 54.1 Å². The molecule has 164 valence electrons. The Bertz CT molecular complexity index is 1290. The summed E-state index contributed by atoms with van der Waals surface area (Å²) in [6.07, 6.45) is 5.91. The molecule has 1 amide bonds. The molecule has 0 spiro atoms. The van der Waals surface area contributed by atoms with Gasteiger partial charge in [-0.15, -0.1) is 11.3 Å². The predicted molar refractivity (Wildman–Crippen MR) is 121 cm³/mol. The first-order valence-corrected chi connectivity index (χ1v) is 13.1. The Balaban J connectivity index is 1.40. The van der Waals surface area contributed by atoms with E-state index in [1.165, 1.54) is 17.0 Å². The molecule has 4 rings (SSSR count). The van der Waals surface area contributed by atoms with Gasteiger partial charge in [-0.25, -0.2) is 13.4 Å². The van der Waals surface area contributed by atoms with Gasteiger partial charge in [0.25, 0.3) is 5.56 Å². The number of carbonyl (C=O) groups excluding carboxylic acids is 1. The fourth-order valence-corrected chi connectivity index (χ4v) is 5.87. The number of aromatic nitrogens is 2. The molecule has 0 fully saturated rings. The van der Waals surface area contributed by atoms with Crippen molar-refractivity contribution in [3.63, 3.8) is 0 Å². The molecule has 1 aliphatic rings. The normalized spacial score (nSPS) is 14.9. The van der Waals surface area contributed by atoms with E-state index in [4.69, 9.17) is 0 Å². The van der Waals surface area contributed by atoms with Gasteiger partial charge in [0.05, 0.1) is 16.3 Å². The number of aryl methyl sites for hydroxylation is 3. The predicted octanol–water partition coefficient (Wildman–Crippen LogP) is 3.08. The zero-order chi connectivity index (χ0) is 22.2. The summed E-state index contributed by atoms with van der Waals surface area (Å²) < 4.78 is 23.1. The summed E-state index contributed by atoms with van der Waals surface area (Å²) in [6.45, 7) is 1.84. The van der Waals surface area contributed by atoms with Gasteiger partial charge in [-0.05, 0) is 55.9 Å². The molecule has 0 bridgehead atoms. The third kappa shape index (κ3) is 4.72. The van der Waals surface area contributed by atoms with Gasteiger partial charge < -0.3 is 10.3 Å². The van der Waals surface area contributed by atoms with Crippen molar-refractivity contribution in [3.05, 3.63) is 56.4 Å². The van der Waals surface area contributed by atoms with Crippen molar-refractivity contribution in [3.8, 4) is 0 Å². The maximum absolute atomic E-state index is 12.6. The van der Waals surface area contributed by atoms with Gasteiger partial charge in [-0.3, -0.25) is 9.59 Å². The molecule has 2 N–H and O–H groups in total. The highest BCUT2D eigenvalue weighted by molar-refractivity contribution is 7.90. The fraction of sp³-hybridized carbons (Fsp3) is 0.409. The van der Waals surface area contributed by atoms with Crippen LogP contribution in [0.4, 0.5) is 0 Å². The molecule has 7 nitrogen and oxygen atoms in total. The quantitative estimate of drug-likeness (QED) is 0.589. The first-order valence-electron chi connectivity index (χ1n) is 10.3. The first kappa shape index (κ1) is 21.7. The van der Waals surface area contributed by atoms with Crippen molar-refractivity contribution in [2.24, 2.45) is 0 Å². The molecule has 2 aromatic heterocycles. The topological polar surface area (TPSA) is 109 Å². The molecule has 1 aromatic carbocycles. The summed E-state index contributed by atoms with van der Waals surface area (Å²) in [6, 6.07) is 6.22. The van der Waals surface area contributed by atoms with E-state index in [0.29, 0.717) is 12.2 Å². The van der Waals surface area contributed by atoms with Crippen LogP contribution in [0.25, 0.3) is 10.2 Å². The van der Waals surface area contributed by atoms with Crippen LogP contribution in [0.3, 0.4) is 0 Å². The van der Waals surface area contributed by atoms with Gasteiger partial charge in [0.1, 0.15) is 10.7 Å². The summed E-state index contributed by atoms with van der Waals surface area (Å²) in [5, 5.41) is 3.63. The summed E-state index contributed by atoms with van der Waals surface area (Å²) in [5.41, 5.74) is 1.86. The average molecular weight is 460 g/mol. The highest BCUT2D eigenvalue weighted by Crippen LogP contribution is 2.33. The van der Waals surface area contributed by atoms with Gasteiger partial charge in [-0.1, -0.05) is 12.1 Å². The number of amides is 1. The lowest BCUT2D eigenvalue weighted by molar-refractivity contribution is -0.121. The summed E-state index contributed by atoms with van der Waals surface area (Å²) in [5.74, 6) is 0.365. The van der Waals surface area contributed by atoms with E-state index in [0.717, 1.165) is 53.3 Å². The van der Waals surface area contributed by atoms with E-state index < -0.39 is 9.84 Å². The van der Waals surface area contributed by atoms with Gasteiger partial charge in [0.15, 0.2) is 9.84 Å². The first-order chi connectivity index (χ1) is 14.7. The number of hydrogen-bond acceptors (Lipinski definition) is 6. The number of benzene rings is 1. The molecule has 0 radical (unpaired) electrons. The molecule has 2 heterocycles. The minimum absolute atomic E-state index is 0.112. The van der Waals surface area contributed by atoms with Crippen molar-refractivity contribution in [1.82, 2.24) is 15.3 Å².